The summed E-state index contributed by atoms with van der Waals surface area (Å²) in [5.41, 5.74) is 0.251. The maximum absolute atomic E-state index is 13.6. The molecule has 2 fully saturated rings. The molecule has 0 unspecified atom stereocenters. The summed E-state index contributed by atoms with van der Waals surface area (Å²) in [5.74, 6) is -2.90. The van der Waals surface area contributed by atoms with Gasteiger partial charge in [0, 0.05) is 31.2 Å². The van der Waals surface area contributed by atoms with E-state index >= 15 is 0 Å². The number of rotatable bonds is 6. The number of halogens is 2. The highest BCUT2D eigenvalue weighted by atomic mass is 35.5. The first-order chi connectivity index (χ1) is 15.9. The van der Waals surface area contributed by atoms with E-state index in [-0.39, 0.29) is 28.5 Å². The van der Waals surface area contributed by atoms with Gasteiger partial charge in [-0.3, -0.25) is 14.5 Å². The quantitative estimate of drug-likeness (QED) is 0.379. The Morgan fingerprint density at radius 1 is 1.09 bits per heavy atom. The minimum atomic E-state index is -0.923. The Kier molecular flexibility index (Phi) is 6.97. The van der Waals surface area contributed by atoms with Crippen LogP contribution in [0.2, 0.25) is 5.02 Å². The summed E-state index contributed by atoms with van der Waals surface area (Å²) in [6.45, 7) is 3.90. The van der Waals surface area contributed by atoms with Crippen molar-refractivity contribution in [1.82, 2.24) is 9.80 Å². The van der Waals surface area contributed by atoms with E-state index in [2.05, 4.69) is 4.90 Å². The van der Waals surface area contributed by atoms with Crippen LogP contribution in [0.15, 0.2) is 48.0 Å². The molecule has 0 spiro atoms. The van der Waals surface area contributed by atoms with E-state index in [4.69, 9.17) is 16.3 Å². The standard InChI is InChI=1S/C24H24ClFN2O5/c25-16-4-7-19(29)18(14-16)22(30)20-21(15-2-5-17(26)6-3-15)28(24(32)23(20)31)9-1-8-27-10-12-33-13-11-27/h2-7,14,21,29-30H,1,8-13H2/t21-/m0/s1. The van der Waals surface area contributed by atoms with Crippen LogP contribution in [0, 0.1) is 5.82 Å². The molecule has 0 radical (unpaired) electrons. The number of likely N-dealkylation sites (tertiary alicyclic amines) is 1. The molecule has 2 saturated heterocycles. The number of aliphatic hydroxyl groups excluding tert-OH is 1. The van der Waals surface area contributed by atoms with Crippen molar-refractivity contribution in [3.8, 4) is 5.75 Å². The van der Waals surface area contributed by atoms with Gasteiger partial charge in [-0.2, -0.15) is 0 Å². The van der Waals surface area contributed by atoms with Gasteiger partial charge >= 0.3 is 0 Å². The van der Waals surface area contributed by atoms with Crippen LogP contribution in [0.3, 0.4) is 0 Å². The lowest BCUT2D eigenvalue weighted by Gasteiger charge is -2.29. The van der Waals surface area contributed by atoms with Gasteiger partial charge in [-0.05, 0) is 42.3 Å². The Morgan fingerprint density at radius 2 is 1.79 bits per heavy atom. The maximum atomic E-state index is 13.6. The topological polar surface area (TPSA) is 90.3 Å². The van der Waals surface area contributed by atoms with E-state index in [1.165, 1.54) is 47.4 Å². The lowest BCUT2D eigenvalue weighted by Crippen LogP contribution is -2.38. The number of carbonyl (C=O) groups is 2. The number of aliphatic hydroxyl groups is 1. The predicted octanol–water partition coefficient (Wildman–Crippen LogP) is 3.33. The molecular weight excluding hydrogens is 451 g/mol. The first kappa shape index (κ1) is 23.2. The molecule has 0 aromatic heterocycles. The van der Waals surface area contributed by atoms with Gasteiger partial charge in [0.05, 0.1) is 30.4 Å². The second-order valence-electron chi connectivity index (χ2n) is 8.01. The highest BCUT2D eigenvalue weighted by Crippen LogP contribution is 2.41. The summed E-state index contributed by atoms with van der Waals surface area (Å²) < 4.78 is 18.9. The maximum Gasteiger partial charge on any atom is 0.295 e. The third-order valence-electron chi connectivity index (χ3n) is 5.92. The van der Waals surface area contributed by atoms with Crippen molar-refractivity contribution in [3.63, 3.8) is 0 Å². The Labute approximate surface area is 195 Å². The Morgan fingerprint density at radius 3 is 2.48 bits per heavy atom. The molecule has 2 N–H and O–H groups in total. The number of ketones is 1. The van der Waals surface area contributed by atoms with Gasteiger partial charge in [0.2, 0.25) is 0 Å². The van der Waals surface area contributed by atoms with Crippen LogP contribution < -0.4 is 0 Å². The van der Waals surface area contributed by atoms with Gasteiger partial charge in [-0.1, -0.05) is 23.7 Å². The molecule has 0 bridgehead atoms. The Bertz CT molecular complexity index is 1080. The molecule has 4 rings (SSSR count). The summed E-state index contributed by atoms with van der Waals surface area (Å²) in [6, 6.07) is 8.56. The Balaban J connectivity index is 1.70. The summed E-state index contributed by atoms with van der Waals surface area (Å²) >= 11 is 6.01. The molecule has 0 aliphatic carbocycles. The number of aromatic hydroxyl groups is 1. The average Bonchev–Trinajstić information content (AvgIpc) is 3.06. The summed E-state index contributed by atoms with van der Waals surface area (Å²) in [6.07, 6.45) is 0.604. The van der Waals surface area contributed by atoms with E-state index in [1.54, 1.807) is 0 Å². The van der Waals surface area contributed by atoms with Crippen molar-refractivity contribution < 1.29 is 28.9 Å². The first-order valence-electron chi connectivity index (χ1n) is 10.7. The molecule has 2 aromatic carbocycles. The minimum absolute atomic E-state index is 0.0547. The zero-order valence-electron chi connectivity index (χ0n) is 17.8. The monoisotopic (exact) mass is 474 g/mol. The van der Waals surface area contributed by atoms with E-state index in [0.29, 0.717) is 25.2 Å². The second kappa shape index (κ2) is 9.91. The van der Waals surface area contributed by atoms with Crippen molar-refractivity contribution in [2.75, 3.05) is 39.4 Å². The highest BCUT2D eigenvalue weighted by Gasteiger charge is 2.46. The zero-order chi connectivity index (χ0) is 23.5. The fourth-order valence-corrected chi connectivity index (χ4v) is 4.41. The lowest BCUT2D eigenvalue weighted by molar-refractivity contribution is -0.140. The molecule has 1 amide bonds. The van der Waals surface area contributed by atoms with Crippen LogP contribution in [0.5, 0.6) is 5.75 Å². The zero-order valence-corrected chi connectivity index (χ0v) is 18.6. The molecule has 2 aliphatic rings. The van der Waals surface area contributed by atoms with E-state index < -0.39 is 29.3 Å². The second-order valence-corrected chi connectivity index (χ2v) is 8.45. The van der Waals surface area contributed by atoms with Gasteiger partial charge in [-0.25, -0.2) is 4.39 Å². The number of morpholine rings is 1. The smallest absolute Gasteiger partial charge is 0.295 e. The van der Waals surface area contributed by atoms with Gasteiger partial charge < -0.3 is 19.8 Å². The predicted molar refractivity (Wildman–Crippen MR) is 120 cm³/mol. The molecule has 2 heterocycles. The van der Waals surface area contributed by atoms with Crippen molar-refractivity contribution in [3.05, 3.63) is 70.0 Å². The molecule has 2 aliphatic heterocycles. The number of hydrogen-bond acceptors (Lipinski definition) is 6. The number of Topliss-reactive ketones (excluding diaryl/α,β-unsaturated/α-hetero) is 1. The van der Waals surface area contributed by atoms with Crippen molar-refractivity contribution in [2.45, 2.75) is 12.5 Å². The summed E-state index contributed by atoms with van der Waals surface area (Å²) in [5, 5.41) is 21.5. The number of ether oxygens (including phenoxy) is 1. The lowest BCUT2D eigenvalue weighted by atomic mass is 9.95. The average molecular weight is 475 g/mol. The SMILES string of the molecule is O=C1C(=O)N(CCCN2CCOCC2)[C@@H](c2ccc(F)cc2)C1=C(O)c1cc(Cl)ccc1O. The van der Waals surface area contributed by atoms with Crippen molar-refractivity contribution >= 4 is 29.1 Å². The van der Waals surface area contributed by atoms with Crippen LogP contribution in [0.25, 0.3) is 5.76 Å². The van der Waals surface area contributed by atoms with Crippen molar-refractivity contribution in [2.24, 2.45) is 0 Å². The third kappa shape index (κ3) is 4.88. The molecule has 33 heavy (non-hydrogen) atoms. The molecule has 7 nitrogen and oxygen atoms in total. The van der Waals surface area contributed by atoms with Crippen LogP contribution in [-0.4, -0.2) is 71.1 Å². The molecule has 1 atom stereocenters. The Hall–Kier alpha value is -2.94. The number of phenols is 1. The third-order valence-corrected chi connectivity index (χ3v) is 6.15. The first-order valence-corrected chi connectivity index (χ1v) is 11.1. The largest absolute Gasteiger partial charge is 0.507 e. The van der Waals surface area contributed by atoms with Crippen LogP contribution in [0.1, 0.15) is 23.6 Å². The van der Waals surface area contributed by atoms with E-state index in [0.717, 1.165) is 19.6 Å². The molecule has 2 aromatic rings. The van der Waals surface area contributed by atoms with E-state index in [9.17, 15) is 24.2 Å². The van der Waals surface area contributed by atoms with Gasteiger partial charge in [0.15, 0.2) is 0 Å². The van der Waals surface area contributed by atoms with Gasteiger partial charge in [-0.15, -0.1) is 0 Å². The molecule has 9 heteroatoms. The van der Waals surface area contributed by atoms with Crippen LogP contribution in [0.4, 0.5) is 4.39 Å². The highest BCUT2D eigenvalue weighted by molar-refractivity contribution is 6.46. The van der Waals surface area contributed by atoms with Crippen LogP contribution >= 0.6 is 11.6 Å². The normalized spacial score (nSPS) is 21.0. The summed E-state index contributed by atoms with van der Waals surface area (Å²) in [7, 11) is 0. The van der Waals surface area contributed by atoms with Gasteiger partial charge in [0.1, 0.15) is 17.3 Å². The minimum Gasteiger partial charge on any atom is -0.507 e. The van der Waals surface area contributed by atoms with Crippen LogP contribution in [-0.2, 0) is 14.3 Å². The number of amides is 1. The number of nitrogens with zero attached hydrogens (tertiary/aromatic N) is 2. The molecule has 0 saturated carbocycles. The number of phenolic OH excluding ortho intramolecular Hbond substituents is 1. The van der Waals surface area contributed by atoms with Crippen molar-refractivity contribution in [1.29, 1.82) is 0 Å². The number of benzene rings is 2. The molecule has 174 valence electrons. The fourth-order valence-electron chi connectivity index (χ4n) is 4.23. The van der Waals surface area contributed by atoms with Gasteiger partial charge in [0.25, 0.3) is 11.7 Å². The fraction of sp³-hybridized carbons (Fsp3) is 0.333. The number of carbonyl (C=O) groups excluding carboxylic acids is 2. The summed E-state index contributed by atoms with van der Waals surface area (Å²) in [4.78, 5) is 29.6. The van der Waals surface area contributed by atoms with E-state index in [1.807, 2.05) is 0 Å². The molecular formula is C24H24ClFN2O5. The number of hydrogen-bond donors (Lipinski definition) is 2.